The molecule has 0 N–H and O–H groups in total. The Morgan fingerprint density at radius 3 is 2.11 bits per heavy atom. The van der Waals surface area contributed by atoms with Gasteiger partial charge in [0.2, 0.25) is 5.89 Å². The molecule has 4 aromatic rings. The molecule has 0 aliphatic rings. The number of aromatic nitrogens is 2. The minimum Gasteiger partial charge on any atom is -0.415 e. The van der Waals surface area contributed by atoms with Crippen molar-refractivity contribution in [3.63, 3.8) is 0 Å². The lowest BCUT2D eigenvalue weighted by molar-refractivity contribution is 0.409. The molecule has 0 atom stereocenters. The third kappa shape index (κ3) is 4.41. The highest BCUT2D eigenvalue weighted by Gasteiger charge is 2.22. The zero-order valence-corrected chi connectivity index (χ0v) is 16.0. The maximum Gasteiger partial charge on any atom is 0.276 e. The molecule has 0 unspecified atom stereocenters. The van der Waals surface area contributed by atoms with Gasteiger partial charge in [0, 0.05) is 10.8 Å². The lowest BCUT2D eigenvalue weighted by Crippen LogP contribution is -2.03. The fraction of sp³-hybridized carbons (Fsp3) is 0.0909. The van der Waals surface area contributed by atoms with Crippen molar-refractivity contribution in [2.24, 2.45) is 0 Å². The Bertz CT molecular complexity index is 966. The second kappa shape index (κ2) is 8.42. The van der Waals surface area contributed by atoms with Crippen molar-refractivity contribution in [1.29, 1.82) is 0 Å². The molecular weight excluding hydrogens is 376 g/mol. The van der Waals surface area contributed by atoms with Crippen molar-refractivity contribution in [3.05, 3.63) is 113 Å². The summed E-state index contributed by atoms with van der Waals surface area (Å²) in [6.45, 7) is 0. The topological polar surface area (TPSA) is 38.9 Å². The van der Waals surface area contributed by atoms with E-state index in [0.29, 0.717) is 11.1 Å². The summed E-state index contributed by atoms with van der Waals surface area (Å²) < 4.78 is 6.01. The van der Waals surface area contributed by atoms with Crippen LogP contribution in [0.5, 0.6) is 0 Å². The first-order chi connectivity index (χ1) is 13.3. The molecule has 4 rings (SSSR count). The van der Waals surface area contributed by atoms with Gasteiger partial charge in [-0.25, -0.2) is 0 Å². The summed E-state index contributed by atoms with van der Waals surface area (Å²) in [6, 6.07) is 28.2. The monoisotopic (exact) mass is 392 g/mol. The summed E-state index contributed by atoms with van der Waals surface area (Å²) in [6.07, 6.45) is 0. The van der Waals surface area contributed by atoms with Crippen LogP contribution in [0, 0.1) is 0 Å². The summed E-state index contributed by atoms with van der Waals surface area (Å²) in [5, 5.41) is 9.86. The second-order valence-electron chi connectivity index (χ2n) is 6.08. The van der Waals surface area contributed by atoms with Gasteiger partial charge in [-0.05, 0) is 28.8 Å². The lowest BCUT2D eigenvalue weighted by Gasteiger charge is -2.13. The minimum absolute atomic E-state index is 0.0829. The summed E-state index contributed by atoms with van der Waals surface area (Å²) in [5.74, 6) is 1.24. The fourth-order valence-corrected chi connectivity index (χ4v) is 3.86. The Balaban J connectivity index is 1.59. The van der Waals surface area contributed by atoms with Crippen molar-refractivity contribution < 1.29 is 4.42 Å². The highest BCUT2D eigenvalue weighted by Crippen LogP contribution is 2.33. The van der Waals surface area contributed by atoms with Gasteiger partial charge in [-0.2, -0.15) is 0 Å². The van der Waals surface area contributed by atoms with E-state index in [0.717, 1.165) is 27.5 Å². The molecule has 3 aromatic carbocycles. The number of hydrogen-bond acceptors (Lipinski definition) is 4. The number of benzene rings is 3. The summed E-state index contributed by atoms with van der Waals surface area (Å²) in [7, 11) is 0. The molecule has 0 aliphatic carbocycles. The molecule has 0 fully saturated rings. The predicted octanol–water partition coefficient (Wildman–Crippen LogP) is 6.20. The number of thioether (sulfide) groups is 1. The number of halogens is 1. The molecule has 0 radical (unpaired) electrons. The van der Waals surface area contributed by atoms with Crippen LogP contribution in [0.2, 0.25) is 5.02 Å². The maximum atomic E-state index is 6.05. The second-order valence-corrected chi connectivity index (χ2v) is 7.44. The smallest absolute Gasteiger partial charge is 0.276 e. The van der Waals surface area contributed by atoms with Gasteiger partial charge >= 0.3 is 0 Å². The molecule has 0 spiro atoms. The summed E-state index contributed by atoms with van der Waals surface area (Å²) in [5.41, 5.74) is 3.37. The Kier molecular flexibility index (Phi) is 5.56. The largest absolute Gasteiger partial charge is 0.415 e. The molecule has 134 valence electrons. The Hall–Kier alpha value is -2.56. The average Bonchev–Trinajstić information content (AvgIpc) is 3.17. The molecule has 1 heterocycles. The van der Waals surface area contributed by atoms with Gasteiger partial charge in [-0.15, -0.1) is 10.2 Å². The Labute approximate surface area is 167 Å². The molecule has 0 aliphatic heterocycles. The molecule has 27 heavy (non-hydrogen) atoms. The first-order valence-electron chi connectivity index (χ1n) is 8.60. The third-order valence-electron chi connectivity index (χ3n) is 4.19. The van der Waals surface area contributed by atoms with Crippen LogP contribution in [0.3, 0.4) is 0 Å². The summed E-state index contributed by atoms with van der Waals surface area (Å²) in [4.78, 5) is 0. The van der Waals surface area contributed by atoms with Crippen LogP contribution in [0.15, 0.2) is 94.6 Å². The van der Waals surface area contributed by atoms with Crippen LogP contribution in [0.1, 0.15) is 28.5 Å². The van der Waals surface area contributed by atoms with E-state index in [1.807, 2.05) is 60.7 Å². The van der Waals surface area contributed by atoms with Crippen molar-refractivity contribution in [1.82, 2.24) is 10.2 Å². The van der Waals surface area contributed by atoms with Crippen LogP contribution in [0.25, 0.3) is 0 Å². The minimum atomic E-state index is -0.0829. The van der Waals surface area contributed by atoms with E-state index in [1.165, 1.54) is 11.8 Å². The van der Waals surface area contributed by atoms with Gasteiger partial charge in [-0.1, -0.05) is 96.2 Å². The van der Waals surface area contributed by atoms with Crippen molar-refractivity contribution in [3.8, 4) is 0 Å². The highest BCUT2D eigenvalue weighted by molar-refractivity contribution is 7.98. The quantitative estimate of drug-likeness (QED) is 0.366. The van der Waals surface area contributed by atoms with Crippen LogP contribution in [-0.2, 0) is 5.75 Å². The van der Waals surface area contributed by atoms with Gasteiger partial charge in [0.1, 0.15) is 0 Å². The first-order valence-corrected chi connectivity index (χ1v) is 9.96. The van der Waals surface area contributed by atoms with E-state index in [9.17, 15) is 0 Å². The molecule has 0 saturated heterocycles. The zero-order valence-electron chi connectivity index (χ0n) is 14.5. The molecule has 0 saturated carbocycles. The van der Waals surface area contributed by atoms with E-state index in [4.69, 9.17) is 16.0 Å². The van der Waals surface area contributed by atoms with Gasteiger partial charge in [0.15, 0.2) is 0 Å². The van der Waals surface area contributed by atoms with E-state index >= 15 is 0 Å². The van der Waals surface area contributed by atoms with Crippen molar-refractivity contribution in [2.45, 2.75) is 16.9 Å². The number of nitrogens with zero attached hydrogens (tertiary/aromatic N) is 2. The van der Waals surface area contributed by atoms with E-state index in [1.54, 1.807) is 0 Å². The van der Waals surface area contributed by atoms with Gasteiger partial charge < -0.3 is 4.42 Å². The van der Waals surface area contributed by atoms with E-state index < -0.39 is 0 Å². The van der Waals surface area contributed by atoms with E-state index in [-0.39, 0.29) is 5.92 Å². The number of hydrogen-bond donors (Lipinski definition) is 0. The van der Waals surface area contributed by atoms with Crippen molar-refractivity contribution in [2.75, 3.05) is 0 Å². The van der Waals surface area contributed by atoms with E-state index in [2.05, 4.69) is 34.5 Å². The third-order valence-corrected chi connectivity index (χ3v) is 5.31. The molecule has 3 nitrogen and oxygen atoms in total. The molecule has 0 bridgehead atoms. The summed E-state index contributed by atoms with van der Waals surface area (Å²) >= 11 is 7.56. The standard InChI is InChI=1S/C22H17ClN2OS/c23-19-13-7-8-16(14-19)15-27-22-25-24-21(26-22)20(17-9-3-1-4-10-17)18-11-5-2-6-12-18/h1-14,20H,15H2. The molecule has 1 aromatic heterocycles. The highest BCUT2D eigenvalue weighted by atomic mass is 35.5. The van der Waals surface area contributed by atoms with Crippen LogP contribution in [-0.4, -0.2) is 10.2 Å². The zero-order chi connectivity index (χ0) is 18.5. The SMILES string of the molecule is Clc1cccc(CSc2nnc(C(c3ccccc3)c3ccccc3)o2)c1. The Morgan fingerprint density at radius 1 is 0.815 bits per heavy atom. The van der Waals surface area contributed by atoms with Gasteiger partial charge in [-0.3, -0.25) is 0 Å². The fourth-order valence-electron chi connectivity index (χ4n) is 2.94. The first kappa shape index (κ1) is 17.8. The predicted molar refractivity (Wildman–Crippen MR) is 109 cm³/mol. The van der Waals surface area contributed by atoms with Crippen LogP contribution < -0.4 is 0 Å². The molecule has 5 heteroatoms. The maximum absolute atomic E-state index is 6.05. The van der Waals surface area contributed by atoms with Gasteiger partial charge in [0.25, 0.3) is 5.22 Å². The van der Waals surface area contributed by atoms with Crippen LogP contribution >= 0.6 is 23.4 Å². The average molecular weight is 393 g/mol. The normalized spacial score (nSPS) is 11.0. The molecular formula is C22H17ClN2OS. The Morgan fingerprint density at radius 2 is 1.48 bits per heavy atom. The molecule has 0 amide bonds. The number of rotatable bonds is 6. The van der Waals surface area contributed by atoms with Gasteiger partial charge in [0.05, 0.1) is 5.92 Å². The van der Waals surface area contributed by atoms with Crippen LogP contribution in [0.4, 0.5) is 0 Å². The lowest BCUT2D eigenvalue weighted by atomic mass is 9.91. The van der Waals surface area contributed by atoms with Crippen molar-refractivity contribution >= 4 is 23.4 Å².